The highest BCUT2D eigenvalue weighted by Crippen LogP contribution is 2.35. The van der Waals surface area contributed by atoms with Gasteiger partial charge in [0.05, 0.1) is 35.7 Å². The summed E-state index contributed by atoms with van der Waals surface area (Å²) in [7, 11) is 1.54. The zero-order valence-electron chi connectivity index (χ0n) is 21.1. The Kier molecular flexibility index (Phi) is 8.98. The van der Waals surface area contributed by atoms with Crippen LogP contribution in [-0.2, 0) is 11.0 Å². The number of methoxy groups -OCH3 is 1. The number of carbonyl (C=O) groups is 1. The number of halogens is 5. The summed E-state index contributed by atoms with van der Waals surface area (Å²) in [4.78, 5) is 18.2. The van der Waals surface area contributed by atoms with Crippen LogP contribution in [0.25, 0.3) is 10.9 Å². The van der Waals surface area contributed by atoms with Gasteiger partial charge in [0.15, 0.2) is 0 Å². The molecule has 0 saturated carbocycles. The van der Waals surface area contributed by atoms with Gasteiger partial charge in [-0.2, -0.15) is 13.2 Å². The summed E-state index contributed by atoms with van der Waals surface area (Å²) in [5, 5.41) is 10.6. The molecule has 0 radical (unpaired) electrons. The average Bonchev–Trinajstić information content (AvgIpc) is 2.91. The molecule has 10 heteroatoms. The fourth-order valence-electron chi connectivity index (χ4n) is 4.94. The number of hydrogen-bond acceptors (Lipinski definition) is 4. The molecule has 39 heavy (non-hydrogen) atoms. The Morgan fingerprint density at radius 1 is 1.26 bits per heavy atom. The first-order valence-electron chi connectivity index (χ1n) is 12.4. The number of piperidine rings is 1. The van der Waals surface area contributed by atoms with Gasteiger partial charge >= 0.3 is 12.1 Å². The van der Waals surface area contributed by atoms with Crippen molar-refractivity contribution in [3.05, 3.63) is 70.4 Å². The summed E-state index contributed by atoms with van der Waals surface area (Å²) in [5.41, 5.74) is 0.367. The molecule has 1 fully saturated rings. The van der Waals surface area contributed by atoms with Crippen LogP contribution >= 0.6 is 11.6 Å². The number of carboxylic acids is 1. The van der Waals surface area contributed by atoms with Crippen molar-refractivity contribution in [2.75, 3.05) is 26.7 Å². The Hall–Kier alpha value is -3.35. The van der Waals surface area contributed by atoms with Crippen LogP contribution in [0, 0.1) is 23.7 Å². The lowest BCUT2D eigenvalue weighted by Crippen LogP contribution is -2.44. The first-order chi connectivity index (χ1) is 18.6. The van der Waals surface area contributed by atoms with Gasteiger partial charge in [0.25, 0.3) is 0 Å². The summed E-state index contributed by atoms with van der Waals surface area (Å²) in [5.74, 6) is 4.20. The fourth-order valence-corrected chi connectivity index (χ4v) is 5.11. The maximum absolute atomic E-state index is 15.4. The van der Waals surface area contributed by atoms with Gasteiger partial charge < -0.3 is 9.84 Å². The minimum atomic E-state index is -4.51. The van der Waals surface area contributed by atoms with Gasteiger partial charge in [0.1, 0.15) is 11.9 Å². The number of aromatic nitrogens is 1. The molecule has 1 aliphatic rings. The van der Waals surface area contributed by atoms with Gasteiger partial charge in [0.2, 0.25) is 0 Å². The van der Waals surface area contributed by atoms with Crippen LogP contribution in [0.15, 0.2) is 48.7 Å². The standard InChI is InChI=1S/C29H27ClF4N2O3/c1-39-21-6-9-27-23(16-21)22(10-12-35-27)26(31)8-4-18-11-14-36(17-24(18)28(37)38)13-2-3-19-15-20(29(32,33)34)5-7-25(19)30/h5-7,9-10,12,15-16,18,24,26H,4,8,11,13-14,17H2,1H3,(H,37,38)/t18-,24+,26-/m1/s1. The molecule has 1 aromatic heterocycles. The van der Waals surface area contributed by atoms with E-state index >= 15 is 4.39 Å². The summed E-state index contributed by atoms with van der Waals surface area (Å²) in [6.45, 7) is 0.947. The van der Waals surface area contributed by atoms with Crippen molar-refractivity contribution in [3.8, 4) is 17.6 Å². The van der Waals surface area contributed by atoms with Crippen LogP contribution in [0.3, 0.4) is 0 Å². The minimum absolute atomic E-state index is 0.0615. The van der Waals surface area contributed by atoms with Crippen LogP contribution in [0.1, 0.15) is 42.1 Å². The highest BCUT2D eigenvalue weighted by atomic mass is 35.5. The number of pyridine rings is 1. The predicted molar refractivity (Wildman–Crippen MR) is 140 cm³/mol. The molecule has 206 valence electrons. The number of ether oxygens (including phenoxy) is 1. The van der Waals surface area contributed by atoms with E-state index in [4.69, 9.17) is 16.3 Å². The SMILES string of the molecule is COc1ccc2nccc([C@H](F)CC[C@@H]3CCN(CC#Cc4cc(C(F)(F)F)ccc4Cl)C[C@@H]3C(=O)O)c2c1. The van der Waals surface area contributed by atoms with Crippen molar-refractivity contribution in [1.29, 1.82) is 0 Å². The number of likely N-dealkylation sites (tertiary alicyclic amines) is 1. The molecule has 0 amide bonds. The third-order valence-corrected chi connectivity index (χ3v) is 7.42. The minimum Gasteiger partial charge on any atom is -0.497 e. The van der Waals surface area contributed by atoms with Crippen LogP contribution in [-0.4, -0.2) is 47.7 Å². The predicted octanol–water partition coefficient (Wildman–Crippen LogP) is 6.78. The molecular weight excluding hydrogens is 536 g/mol. The third kappa shape index (κ3) is 7.00. The van der Waals surface area contributed by atoms with E-state index in [-0.39, 0.29) is 36.0 Å². The maximum Gasteiger partial charge on any atom is 0.416 e. The number of alkyl halides is 4. The molecule has 2 heterocycles. The lowest BCUT2D eigenvalue weighted by Gasteiger charge is -2.35. The smallest absolute Gasteiger partial charge is 0.416 e. The zero-order chi connectivity index (χ0) is 28.2. The van der Waals surface area contributed by atoms with Crippen molar-refractivity contribution < 1.29 is 32.2 Å². The van der Waals surface area contributed by atoms with E-state index < -0.39 is 29.8 Å². The molecule has 0 spiro atoms. The normalized spacial score (nSPS) is 18.8. The molecule has 0 unspecified atom stereocenters. The van der Waals surface area contributed by atoms with Crippen molar-refractivity contribution in [2.45, 2.75) is 31.6 Å². The molecule has 4 rings (SSSR count). The Morgan fingerprint density at radius 3 is 2.77 bits per heavy atom. The maximum atomic E-state index is 15.4. The van der Waals surface area contributed by atoms with Gasteiger partial charge in [-0.3, -0.25) is 14.7 Å². The van der Waals surface area contributed by atoms with Crippen LogP contribution in [0.4, 0.5) is 17.6 Å². The fraction of sp³-hybridized carbons (Fsp3) is 0.379. The average molecular weight is 563 g/mol. The lowest BCUT2D eigenvalue weighted by atomic mass is 9.81. The van der Waals surface area contributed by atoms with E-state index in [1.54, 1.807) is 30.5 Å². The lowest BCUT2D eigenvalue weighted by molar-refractivity contribution is -0.146. The summed E-state index contributed by atoms with van der Waals surface area (Å²) < 4.78 is 59.6. The number of hydrogen-bond donors (Lipinski definition) is 1. The van der Waals surface area contributed by atoms with Crippen LogP contribution in [0.2, 0.25) is 5.02 Å². The van der Waals surface area contributed by atoms with Crippen LogP contribution < -0.4 is 4.74 Å². The summed E-state index contributed by atoms with van der Waals surface area (Å²) >= 11 is 6.00. The van der Waals surface area contributed by atoms with Crippen molar-refractivity contribution >= 4 is 28.5 Å². The molecular formula is C29H27ClF4N2O3. The molecule has 2 aromatic carbocycles. The summed E-state index contributed by atoms with van der Waals surface area (Å²) in [6.07, 6.45) is -3.14. The Labute approximate surface area is 228 Å². The Morgan fingerprint density at radius 2 is 2.05 bits per heavy atom. The van der Waals surface area contributed by atoms with Crippen molar-refractivity contribution in [3.63, 3.8) is 0 Å². The van der Waals surface area contributed by atoms with Crippen LogP contribution in [0.5, 0.6) is 5.75 Å². The number of rotatable bonds is 7. The van der Waals surface area contributed by atoms with Crippen molar-refractivity contribution in [1.82, 2.24) is 9.88 Å². The molecule has 1 aliphatic heterocycles. The number of fused-ring (bicyclic) bond motifs is 1. The number of benzene rings is 2. The molecule has 1 saturated heterocycles. The quantitative estimate of drug-likeness (QED) is 0.254. The highest BCUT2D eigenvalue weighted by Gasteiger charge is 2.34. The molecule has 3 aromatic rings. The summed E-state index contributed by atoms with van der Waals surface area (Å²) in [6, 6.07) is 9.86. The van der Waals surface area contributed by atoms with Crippen molar-refractivity contribution in [2.24, 2.45) is 11.8 Å². The highest BCUT2D eigenvalue weighted by molar-refractivity contribution is 6.31. The van der Waals surface area contributed by atoms with E-state index in [1.165, 1.54) is 7.11 Å². The number of nitrogens with zero attached hydrogens (tertiary/aromatic N) is 2. The van der Waals surface area contributed by atoms with Gasteiger partial charge in [-0.1, -0.05) is 23.4 Å². The third-order valence-electron chi connectivity index (χ3n) is 7.09. The largest absolute Gasteiger partial charge is 0.497 e. The van der Waals surface area contributed by atoms with E-state index in [0.29, 0.717) is 41.6 Å². The number of aliphatic carboxylic acids is 1. The van der Waals surface area contributed by atoms with E-state index in [2.05, 4.69) is 16.8 Å². The first-order valence-corrected chi connectivity index (χ1v) is 12.8. The molecule has 1 N–H and O–H groups in total. The monoisotopic (exact) mass is 562 g/mol. The molecule has 0 aliphatic carbocycles. The second-order valence-corrected chi connectivity index (χ2v) is 9.96. The van der Waals surface area contributed by atoms with Gasteiger partial charge in [-0.05, 0) is 79.8 Å². The number of carboxylic acid groups (broad SMARTS) is 1. The van der Waals surface area contributed by atoms with Gasteiger partial charge in [-0.25, -0.2) is 4.39 Å². The Bertz CT molecular complexity index is 1400. The zero-order valence-corrected chi connectivity index (χ0v) is 21.9. The second kappa shape index (κ2) is 12.2. The molecule has 0 bridgehead atoms. The van der Waals surface area contributed by atoms with E-state index in [9.17, 15) is 23.1 Å². The topological polar surface area (TPSA) is 62.7 Å². The second-order valence-electron chi connectivity index (χ2n) is 9.55. The van der Waals surface area contributed by atoms with E-state index in [0.717, 1.165) is 18.2 Å². The van der Waals surface area contributed by atoms with E-state index in [1.807, 2.05) is 4.90 Å². The van der Waals surface area contributed by atoms with Gasteiger partial charge in [-0.15, -0.1) is 0 Å². The molecule has 3 atom stereocenters. The van der Waals surface area contributed by atoms with Gasteiger partial charge in [0, 0.05) is 23.7 Å². The molecule has 5 nitrogen and oxygen atoms in total. The Balaban J connectivity index is 1.39. The first kappa shape index (κ1) is 28.7.